The van der Waals surface area contributed by atoms with E-state index in [-0.39, 0.29) is 11.8 Å². The van der Waals surface area contributed by atoms with E-state index < -0.39 is 5.69 Å². The minimum atomic E-state index is -0.593. The number of nitrogen functional groups attached to an aromatic ring is 1. The lowest BCUT2D eigenvalue weighted by Gasteiger charge is -2.13. The molecule has 1 heterocycles. The summed E-state index contributed by atoms with van der Waals surface area (Å²) in [5, 5.41) is 0. The van der Waals surface area contributed by atoms with Gasteiger partial charge in [-0.25, -0.2) is 4.79 Å². The highest BCUT2D eigenvalue weighted by Crippen LogP contribution is 2.38. The number of nitrogens with two attached hydrogens (primary N) is 1. The number of aromatic nitrogens is 3. The van der Waals surface area contributed by atoms with Gasteiger partial charge in [0.25, 0.3) is 0 Å². The number of ether oxygens (including phenoxy) is 3. The molecular formula is C12H14N4O4. The highest BCUT2D eigenvalue weighted by molar-refractivity contribution is 5.69. The maximum absolute atomic E-state index is 11.4. The van der Waals surface area contributed by atoms with Crippen molar-refractivity contribution in [3.63, 3.8) is 0 Å². The molecule has 3 N–H and O–H groups in total. The molecule has 1 aromatic carbocycles. The van der Waals surface area contributed by atoms with Crippen LogP contribution in [0.15, 0.2) is 16.9 Å². The van der Waals surface area contributed by atoms with E-state index in [4.69, 9.17) is 19.9 Å². The van der Waals surface area contributed by atoms with E-state index in [0.29, 0.717) is 22.8 Å². The maximum atomic E-state index is 11.4. The maximum Gasteiger partial charge on any atom is 0.349 e. The summed E-state index contributed by atoms with van der Waals surface area (Å²) in [6.45, 7) is 0. The average Bonchev–Trinajstić information content (AvgIpc) is 2.44. The van der Waals surface area contributed by atoms with Crippen molar-refractivity contribution in [1.29, 1.82) is 0 Å². The van der Waals surface area contributed by atoms with Crippen molar-refractivity contribution < 1.29 is 14.2 Å². The second-order valence-electron chi connectivity index (χ2n) is 3.77. The van der Waals surface area contributed by atoms with Gasteiger partial charge in [0.15, 0.2) is 11.5 Å². The summed E-state index contributed by atoms with van der Waals surface area (Å²) in [5.74, 6) is 1.54. The molecule has 20 heavy (non-hydrogen) atoms. The van der Waals surface area contributed by atoms with Crippen LogP contribution in [0.3, 0.4) is 0 Å². The molecule has 8 nitrogen and oxygen atoms in total. The number of hydrogen-bond donors (Lipinski definition) is 2. The van der Waals surface area contributed by atoms with E-state index in [2.05, 4.69) is 15.0 Å². The third-order valence-electron chi connectivity index (χ3n) is 2.63. The first-order valence-corrected chi connectivity index (χ1v) is 5.63. The molecule has 1 aromatic heterocycles. The Morgan fingerprint density at radius 3 is 2.15 bits per heavy atom. The number of benzene rings is 1. The van der Waals surface area contributed by atoms with Crippen LogP contribution in [-0.2, 0) is 0 Å². The molecule has 2 aromatic rings. The van der Waals surface area contributed by atoms with Crippen LogP contribution in [-0.4, -0.2) is 36.3 Å². The van der Waals surface area contributed by atoms with Crippen LogP contribution in [0.2, 0.25) is 0 Å². The van der Waals surface area contributed by atoms with Crippen molar-refractivity contribution in [1.82, 2.24) is 15.0 Å². The fraction of sp³-hybridized carbons (Fsp3) is 0.250. The van der Waals surface area contributed by atoms with Crippen molar-refractivity contribution in [3.05, 3.63) is 22.6 Å². The number of anilines is 1. The van der Waals surface area contributed by atoms with Crippen molar-refractivity contribution in [2.75, 3.05) is 27.1 Å². The molecule has 0 radical (unpaired) electrons. The molecule has 0 aliphatic heterocycles. The number of nitrogens with zero attached hydrogens (tertiary/aromatic N) is 2. The molecule has 0 atom stereocenters. The average molecular weight is 278 g/mol. The van der Waals surface area contributed by atoms with Gasteiger partial charge in [-0.05, 0) is 6.07 Å². The molecule has 0 spiro atoms. The minimum Gasteiger partial charge on any atom is -0.496 e. The van der Waals surface area contributed by atoms with Gasteiger partial charge in [0.05, 0.1) is 26.9 Å². The highest BCUT2D eigenvalue weighted by Gasteiger charge is 2.15. The highest BCUT2D eigenvalue weighted by atomic mass is 16.5. The molecule has 0 saturated heterocycles. The van der Waals surface area contributed by atoms with Crippen molar-refractivity contribution in [2.24, 2.45) is 0 Å². The van der Waals surface area contributed by atoms with Gasteiger partial charge in [-0.1, -0.05) is 0 Å². The van der Waals surface area contributed by atoms with Gasteiger partial charge in [0.1, 0.15) is 11.6 Å². The Labute approximate surface area is 114 Å². The van der Waals surface area contributed by atoms with Crippen LogP contribution < -0.4 is 25.6 Å². The van der Waals surface area contributed by atoms with Crippen LogP contribution in [0.4, 0.5) is 5.95 Å². The topological polar surface area (TPSA) is 112 Å². The Kier molecular flexibility index (Phi) is 3.74. The van der Waals surface area contributed by atoms with Crippen LogP contribution in [0, 0.1) is 0 Å². The second-order valence-corrected chi connectivity index (χ2v) is 3.77. The van der Waals surface area contributed by atoms with E-state index in [1.165, 1.54) is 21.3 Å². The zero-order valence-corrected chi connectivity index (χ0v) is 11.3. The van der Waals surface area contributed by atoms with Crippen molar-refractivity contribution >= 4 is 5.95 Å². The summed E-state index contributed by atoms with van der Waals surface area (Å²) in [4.78, 5) is 21.3. The monoisotopic (exact) mass is 278 g/mol. The fourth-order valence-electron chi connectivity index (χ4n) is 1.74. The molecule has 0 bridgehead atoms. The minimum absolute atomic E-state index is 0.124. The summed E-state index contributed by atoms with van der Waals surface area (Å²) in [6.07, 6.45) is 0. The standard InChI is InChI=1S/C12H14N4O4/c1-18-7-5-9(20-3)8(19-2)4-6(7)10-14-11(13)16-12(17)15-10/h4-5H,1-3H3,(H3,13,14,15,16,17). The first kappa shape index (κ1) is 13.7. The predicted octanol–water partition coefficient (Wildman–Crippen LogP) is 0.440. The Morgan fingerprint density at radius 2 is 1.60 bits per heavy atom. The molecule has 0 aliphatic carbocycles. The van der Waals surface area contributed by atoms with E-state index >= 15 is 0 Å². The van der Waals surface area contributed by atoms with E-state index in [0.717, 1.165) is 0 Å². The molecular weight excluding hydrogens is 264 g/mol. The van der Waals surface area contributed by atoms with Crippen LogP contribution in [0.25, 0.3) is 11.4 Å². The number of methoxy groups -OCH3 is 3. The summed E-state index contributed by atoms with van der Waals surface area (Å²) in [7, 11) is 4.51. The van der Waals surface area contributed by atoms with Gasteiger partial charge in [-0.15, -0.1) is 0 Å². The van der Waals surface area contributed by atoms with E-state index in [9.17, 15) is 4.79 Å². The first-order chi connectivity index (χ1) is 9.58. The number of nitrogens with one attached hydrogen (secondary N) is 1. The normalized spacial score (nSPS) is 10.2. The SMILES string of the molecule is COc1cc(OC)c(-c2nc(N)nc(=O)[nH]2)cc1OC. The summed E-state index contributed by atoms with van der Waals surface area (Å²) < 4.78 is 15.7. The van der Waals surface area contributed by atoms with Gasteiger partial charge >= 0.3 is 5.69 Å². The van der Waals surface area contributed by atoms with Gasteiger partial charge < -0.3 is 19.9 Å². The molecule has 0 amide bonds. The van der Waals surface area contributed by atoms with Gasteiger partial charge in [-0.2, -0.15) is 9.97 Å². The number of hydrogen-bond acceptors (Lipinski definition) is 7. The number of aromatic amines is 1. The van der Waals surface area contributed by atoms with Gasteiger partial charge in [0, 0.05) is 6.07 Å². The molecule has 0 aliphatic rings. The molecule has 106 valence electrons. The lowest BCUT2D eigenvalue weighted by molar-refractivity contribution is 0.349. The summed E-state index contributed by atoms with van der Waals surface area (Å²) in [5.41, 5.74) is 5.39. The molecule has 0 unspecified atom stereocenters. The van der Waals surface area contributed by atoms with Crippen LogP contribution in [0.5, 0.6) is 17.2 Å². The lowest BCUT2D eigenvalue weighted by Crippen LogP contribution is -2.15. The molecule has 0 fully saturated rings. The third kappa shape index (κ3) is 2.48. The quantitative estimate of drug-likeness (QED) is 0.834. The van der Waals surface area contributed by atoms with Crippen molar-refractivity contribution in [2.45, 2.75) is 0 Å². The summed E-state index contributed by atoms with van der Waals surface area (Å²) in [6, 6.07) is 3.26. The predicted molar refractivity (Wildman–Crippen MR) is 72.2 cm³/mol. The Balaban J connectivity index is 2.68. The van der Waals surface area contributed by atoms with E-state index in [1.54, 1.807) is 12.1 Å². The van der Waals surface area contributed by atoms with Crippen LogP contribution >= 0.6 is 0 Å². The molecule has 8 heteroatoms. The molecule has 2 rings (SSSR count). The third-order valence-corrected chi connectivity index (χ3v) is 2.63. The summed E-state index contributed by atoms with van der Waals surface area (Å²) >= 11 is 0. The van der Waals surface area contributed by atoms with Crippen molar-refractivity contribution in [3.8, 4) is 28.6 Å². The number of H-pyrrole nitrogens is 1. The largest absolute Gasteiger partial charge is 0.496 e. The smallest absolute Gasteiger partial charge is 0.349 e. The van der Waals surface area contributed by atoms with Gasteiger partial charge in [0.2, 0.25) is 5.95 Å². The zero-order chi connectivity index (χ0) is 14.7. The zero-order valence-electron chi connectivity index (χ0n) is 11.3. The first-order valence-electron chi connectivity index (χ1n) is 5.63. The Morgan fingerprint density at radius 1 is 1.00 bits per heavy atom. The lowest BCUT2D eigenvalue weighted by atomic mass is 10.1. The van der Waals surface area contributed by atoms with Gasteiger partial charge in [-0.3, -0.25) is 4.98 Å². The number of rotatable bonds is 4. The second kappa shape index (κ2) is 5.47. The molecule has 0 saturated carbocycles. The fourth-order valence-corrected chi connectivity index (χ4v) is 1.74. The van der Waals surface area contributed by atoms with Crippen LogP contribution in [0.1, 0.15) is 0 Å². The Hall–Kier alpha value is -2.77. The Bertz CT molecular complexity index is 684. The van der Waals surface area contributed by atoms with E-state index in [1.807, 2.05) is 0 Å².